The van der Waals surface area contributed by atoms with Gasteiger partial charge in [0.15, 0.2) is 6.61 Å². The Labute approximate surface area is 154 Å². The minimum absolute atomic E-state index is 0.108. The maximum atomic E-state index is 12.1. The van der Waals surface area contributed by atoms with Crippen LogP contribution < -0.4 is 15.4 Å². The summed E-state index contributed by atoms with van der Waals surface area (Å²) in [5.74, 6) is -0.303. The number of nitrogens with one attached hydrogen (secondary N) is 2. The first-order valence-corrected chi connectivity index (χ1v) is 8.13. The molecule has 0 saturated heterocycles. The molecular formula is C19H19F3N2O3. The first-order valence-electron chi connectivity index (χ1n) is 8.13. The standard InChI is InChI=1S/C19H19F3N2O3/c1-13(25)23-10-14-2-6-16(7-3-14)18(26)24-11-15-4-8-17(9-5-15)27-12-19(20,21)22/h2-9H,10-12H2,1H3,(H,23,25)(H,24,26). The van der Waals surface area contributed by atoms with Crippen molar-refractivity contribution >= 4 is 11.8 Å². The van der Waals surface area contributed by atoms with E-state index in [1.165, 1.54) is 19.1 Å². The monoisotopic (exact) mass is 380 g/mol. The minimum Gasteiger partial charge on any atom is -0.484 e. The molecule has 0 saturated carbocycles. The zero-order valence-corrected chi connectivity index (χ0v) is 14.6. The van der Waals surface area contributed by atoms with E-state index in [4.69, 9.17) is 0 Å². The topological polar surface area (TPSA) is 67.4 Å². The highest BCUT2D eigenvalue weighted by molar-refractivity contribution is 5.94. The van der Waals surface area contributed by atoms with Gasteiger partial charge >= 0.3 is 6.18 Å². The predicted molar refractivity (Wildman–Crippen MR) is 93.1 cm³/mol. The Hall–Kier alpha value is -3.03. The first kappa shape index (κ1) is 20.3. The number of benzene rings is 2. The van der Waals surface area contributed by atoms with E-state index in [0.717, 1.165) is 11.1 Å². The summed E-state index contributed by atoms with van der Waals surface area (Å²) < 4.78 is 40.9. The SMILES string of the molecule is CC(=O)NCc1ccc(C(=O)NCc2ccc(OCC(F)(F)F)cc2)cc1. The van der Waals surface area contributed by atoms with E-state index in [1.807, 2.05) is 0 Å². The van der Waals surface area contributed by atoms with E-state index in [9.17, 15) is 22.8 Å². The first-order chi connectivity index (χ1) is 12.7. The fourth-order valence-corrected chi connectivity index (χ4v) is 2.15. The summed E-state index contributed by atoms with van der Waals surface area (Å²) >= 11 is 0. The largest absolute Gasteiger partial charge is 0.484 e. The molecule has 27 heavy (non-hydrogen) atoms. The summed E-state index contributed by atoms with van der Waals surface area (Å²) in [7, 11) is 0. The molecule has 0 spiro atoms. The summed E-state index contributed by atoms with van der Waals surface area (Å²) in [6.45, 7) is 0.698. The molecule has 2 rings (SSSR count). The van der Waals surface area contributed by atoms with Crippen LogP contribution in [-0.2, 0) is 17.9 Å². The third kappa shape index (κ3) is 7.39. The van der Waals surface area contributed by atoms with E-state index in [-0.39, 0.29) is 24.1 Å². The molecule has 0 unspecified atom stereocenters. The molecule has 0 aromatic heterocycles. The van der Waals surface area contributed by atoms with Crippen LogP contribution in [0.4, 0.5) is 13.2 Å². The smallest absolute Gasteiger partial charge is 0.422 e. The minimum atomic E-state index is -4.38. The van der Waals surface area contributed by atoms with Gasteiger partial charge in [-0.15, -0.1) is 0 Å². The molecule has 0 bridgehead atoms. The van der Waals surface area contributed by atoms with Gasteiger partial charge in [0.25, 0.3) is 5.91 Å². The van der Waals surface area contributed by atoms with Gasteiger partial charge in [0.05, 0.1) is 0 Å². The molecular weight excluding hydrogens is 361 g/mol. The molecule has 2 aromatic carbocycles. The quantitative estimate of drug-likeness (QED) is 0.775. The van der Waals surface area contributed by atoms with Gasteiger partial charge in [-0.1, -0.05) is 24.3 Å². The highest BCUT2D eigenvalue weighted by Gasteiger charge is 2.28. The summed E-state index contributed by atoms with van der Waals surface area (Å²) in [6, 6.07) is 12.8. The number of rotatable bonds is 7. The van der Waals surface area contributed by atoms with Crippen LogP contribution in [0.5, 0.6) is 5.75 Å². The summed E-state index contributed by atoms with van der Waals surface area (Å²) in [5.41, 5.74) is 2.06. The Morgan fingerprint density at radius 1 is 0.889 bits per heavy atom. The fourth-order valence-electron chi connectivity index (χ4n) is 2.15. The zero-order chi connectivity index (χ0) is 19.9. The Morgan fingerprint density at radius 2 is 1.41 bits per heavy atom. The second-order valence-electron chi connectivity index (χ2n) is 5.84. The van der Waals surface area contributed by atoms with Gasteiger partial charge in [0.2, 0.25) is 5.91 Å². The highest BCUT2D eigenvalue weighted by atomic mass is 19.4. The van der Waals surface area contributed by atoms with Crippen molar-refractivity contribution in [1.29, 1.82) is 0 Å². The molecule has 0 atom stereocenters. The van der Waals surface area contributed by atoms with E-state index in [2.05, 4.69) is 15.4 Å². The molecule has 0 heterocycles. The van der Waals surface area contributed by atoms with E-state index in [0.29, 0.717) is 12.1 Å². The van der Waals surface area contributed by atoms with Crippen molar-refractivity contribution in [3.8, 4) is 5.75 Å². The van der Waals surface area contributed by atoms with Crippen molar-refractivity contribution in [2.75, 3.05) is 6.61 Å². The van der Waals surface area contributed by atoms with E-state index in [1.54, 1.807) is 36.4 Å². The number of carbonyl (C=O) groups is 2. The lowest BCUT2D eigenvalue weighted by atomic mass is 10.1. The molecule has 0 aliphatic carbocycles. The molecule has 8 heteroatoms. The van der Waals surface area contributed by atoms with Gasteiger partial charge in [-0.25, -0.2) is 0 Å². The molecule has 0 fully saturated rings. The lowest BCUT2D eigenvalue weighted by Gasteiger charge is -2.10. The summed E-state index contributed by atoms with van der Waals surface area (Å²) in [4.78, 5) is 23.0. The molecule has 144 valence electrons. The fraction of sp³-hybridized carbons (Fsp3) is 0.263. The summed E-state index contributed by atoms with van der Waals surface area (Å²) in [5, 5.41) is 5.40. The van der Waals surface area contributed by atoms with Crippen molar-refractivity contribution in [3.63, 3.8) is 0 Å². The average Bonchev–Trinajstić information content (AvgIpc) is 2.63. The van der Waals surface area contributed by atoms with Crippen molar-refractivity contribution in [2.24, 2.45) is 0 Å². The van der Waals surface area contributed by atoms with E-state index >= 15 is 0 Å². The van der Waals surface area contributed by atoms with Crippen molar-refractivity contribution < 1.29 is 27.5 Å². The number of carbonyl (C=O) groups excluding carboxylic acids is 2. The third-order valence-electron chi connectivity index (χ3n) is 3.54. The lowest BCUT2D eigenvalue weighted by Crippen LogP contribution is -2.23. The van der Waals surface area contributed by atoms with Gasteiger partial charge in [-0.05, 0) is 35.4 Å². The number of halogens is 3. The molecule has 2 aromatic rings. The summed E-state index contributed by atoms with van der Waals surface area (Å²) in [6.07, 6.45) is -4.38. The van der Waals surface area contributed by atoms with Crippen LogP contribution in [-0.4, -0.2) is 24.6 Å². The Kier molecular flexibility index (Phi) is 6.81. The second kappa shape index (κ2) is 9.07. The van der Waals surface area contributed by atoms with Gasteiger partial charge < -0.3 is 15.4 Å². The number of amides is 2. The molecule has 0 aliphatic heterocycles. The van der Waals surface area contributed by atoms with Gasteiger partial charge in [-0.2, -0.15) is 13.2 Å². The van der Waals surface area contributed by atoms with Crippen LogP contribution in [0, 0.1) is 0 Å². The molecule has 0 radical (unpaired) electrons. The van der Waals surface area contributed by atoms with Crippen LogP contribution in [0.15, 0.2) is 48.5 Å². The van der Waals surface area contributed by atoms with Crippen LogP contribution >= 0.6 is 0 Å². The van der Waals surface area contributed by atoms with Crippen LogP contribution in [0.3, 0.4) is 0 Å². The molecule has 0 aliphatic rings. The predicted octanol–water partition coefficient (Wildman–Crippen LogP) is 3.19. The van der Waals surface area contributed by atoms with Crippen molar-refractivity contribution in [2.45, 2.75) is 26.2 Å². The lowest BCUT2D eigenvalue weighted by molar-refractivity contribution is -0.153. The average molecular weight is 380 g/mol. The zero-order valence-electron chi connectivity index (χ0n) is 14.6. The molecule has 5 nitrogen and oxygen atoms in total. The van der Waals surface area contributed by atoms with Crippen molar-refractivity contribution in [3.05, 3.63) is 65.2 Å². The number of hydrogen-bond acceptors (Lipinski definition) is 3. The van der Waals surface area contributed by atoms with Crippen LogP contribution in [0.25, 0.3) is 0 Å². The molecule has 2 amide bonds. The maximum Gasteiger partial charge on any atom is 0.422 e. The second-order valence-corrected chi connectivity index (χ2v) is 5.84. The maximum absolute atomic E-state index is 12.1. The highest BCUT2D eigenvalue weighted by Crippen LogP contribution is 2.18. The van der Waals surface area contributed by atoms with Gasteiger partial charge in [0, 0.05) is 25.6 Å². The van der Waals surface area contributed by atoms with Crippen LogP contribution in [0.2, 0.25) is 0 Å². The van der Waals surface area contributed by atoms with Crippen LogP contribution in [0.1, 0.15) is 28.4 Å². The van der Waals surface area contributed by atoms with E-state index < -0.39 is 12.8 Å². The Bertz CT molecular complexity index is 772. The molecule has 2 N–H and O–H groups in total. The van der Waals surface area contributed by atoms with Gasteiger partial charge in [-0.3, -0.25) is 9.59 Å². The van der Waals surface area contributed by atoms with Crippen molar-refractivity contribution in [1.82, 2.24) is 10.6 Å². The Balaban J connectivity index is 1.83. The number of hydrogen-bond donors (Lipinski definition) is 2. The van der Waals surface area contributed by atoms with Gasteiger partial charge in [0.1, 0.15) is 5.75 Å². The number of ether oxygens (including phenoxy) is 1. The normalized spacial score (nSPS) is 11.0. The third-order valence-corrected chi connectivity index (χ3v) is 3.54. The number of alkyl halides is 3. The Morgan fingerprint density at radius 3 is 1.93 bits per heavy atom.